The molecule has 4 nitrogen and oxygen atoms in total. The van der Waals surface area contributed by atoms with Crippen LogP contribution in [0.15, 0.2) is 58.5 Å². The summed E-state index contributed by atoms with van der Waals surface area (Å²) in [6.45, 7) is 1.48. The van der Waals surface area contributed by atoms with Crippen LogP contribution in [0.5, 0.6) is 5.75 Å². The number of rotatable bonds is 5. The van der Waals surface area contributed by atoms with Crippen LogP contribution >= 0.6 is 23.4 Å². The molecule has 0 aliphatic carbocycles. The van der Waals surface area contributed by atoms with Crippen molar-refractivity contribution in [2.75, 3.05) is 12.5 Å². The fourth-order valence-corrected chi connectivity index (χ4v) is 2.45. The standard InChI is InChI=1S/C16H15ClN2O2S/c1-11(20)16(22-15-8-6-12(17)7-9-15)19-18-13-4-3-5-14(10-13)21-2/h3-10,18H,1-2H3/b19-16+. The average molecular weight is 335 g/mol. The zero-order chi connectivity index (χ0) is 15.9. The highest BCUT2D eigenvalue weighted by molar-refractivity contribution is 8.15. The second kappa shape index (κ2) is 7.87. The molecule has 0 radical (unpaired) electrons. The summed E-state index contributed by atoms with van der Waals surface area (Å²) < 4.78 is 5.14. The molecule has 0 aliphatic heterocycles. The lowest BCUT2D eigenvalue weighted by molar-refractivity contribution is -0.110. The zero-order valence-corrected chi connectivity index (χ0v) is 13.7. The lowest BCUT2D eigenvalue weighted by atomic mass is 10.3. The molecule has 2 aromatic rings. The normalized spacial score (nSPS) is 11.1. The lowest BCUT2D eigenvalue weighted by Gasteiger charge is -2.06. The summed E-state index contributed by atoms with van der Waals surface area (Å²) in [6, 6.07) is 14.6. The number of ether oxygens (including phenoxy) is 1. The van der Waals surface area contributed by atoms with Crippen LogP contribution in [0.25, 0.3) is 0 Å². The molecule has 0 aliphatic rings. The van der Waals surface area contributed by atoms with Crippen LogP contribution in [-0.4, -0.2) is 17.9 Å². The molecule has 2 rings (SSSR count). The minimum absolute atomic E-state index is 0.115. The Kier molecular flexibility index (Phi) is 5.86. The number of Topliss-reactive ketones (excluding diaryl/α,β-unsaturated/α-hetero) is 1. The number of hydrogen-bond acceptors (Lipinski definition) is 5. The van der Waals surface area contributed by atoms with Gasteiger partial charge in [-0.05, 0) is 36.4 Å². The Hall–Kier alpha value is -1.98. The number of nitrogens with one attached hydrogen (secondary N) is 1. The molecule has 2 aromatic carbocycles. The van der Waals surface area contributed by atoms with Gasteiger partial charge in [0.1, 0.15) is 5.75 Å². The van der Waals surface area contributed by atoms with Gasteiger partial charge in [-0.1, -0.05) is 29.4 Å². The topological polar surface area (TPSA) is 50.7 Å². The van der Waals surface area contributed by atoms with Crippen molar-refractivity contribution < 1.29 is 9.53 Å². The van der Waals surface area contributed by atoms with Gasteiger partial charge in [0.05, 0.1) is 12.8 Å². The molecule has 1 N–H and O–H groups in total. The van der Waals surface area contributed by atoms with E-state index in [1.165, 1.54) is 18.7 Å². The van der Waals surface area contributed by atoms with Gasteiger partial charge in [0, 0.05) is 22.9 Å². The van der Waals surface area contributed by atoms with E-state index in [-0.39, 0.29) is 5.78 Å². The van der Waals surface area contributed by atoms with Crippen molar-refractivity contribution in [3.63, 3.8) is 0 Å². The third-order valence-corrected chi connectivity index (χ3v) is 4.02. The first-order valence-electron chi connectivity index (χ1n) is 6.50. The second-order valence-electron chi connectivity index (χ2n) is 4.37. The third kappa shape index (κ3) is 4.79. The van der Waals surface area contributed by atoms with Crippen LogP contribution in [0.4, 0.5) is 5.69 Å². The van der Waals surface area contributed by atoms with Gasteiger partial charge in [0.25, 0.3) is 0 Å². The molecule has 22 heavy (non-hydrogen) atoms. The summed E-state index contributed by atoms with van der Waals surface area (Å²) in [5, 5.41) is 5.20. The van der Waals surface area contributed by atoms with Gasteiger partial charge in [-0.2, -0.15) is 5.10 Å². The Morgan fingerprint density at radius 1 is 1.23 bits per heavy atom. The van der Waals surface area contributed by atoms with Gasteiger partial charge in [-0.25, -0.2) is 0 Å². The Labute approximate surface area is 138 Å². The Morgan fingerprint density at radius 2 is 1.95 bits per heavy atom. The molecule has 0 spiro atoms. The van der Waals surface area contributed by atoms with E-state index < -0.39 is 0 Å². The number of halogens is 1. The molecule has 0 saturated carbocycles. The molecule has 6 heteroatoms. The van der Waals surface area contributed by atoms with Crippen LogP contribution in [0.3, 0.4) is 0 Å². The molecule has 0 amide bonds. The number of methoxy groups -OCH3 is 1. The largest absolute Gasteiger partial charge is 0.497 e. The first-order valence-corrected chi connectivity index (χ1v) is 7.70. The van der Waals surface area contributed by atoms with Crippen LogP contribution < -0.4 is 10.2 Å². The fraction of sp³-hybridized carbons (Fsp3) is 0.125. The minimum atomic E-state index is -0.115. The van der Waals surface area contributed by atoms with Crippen LogP contribution in [0, 0.1) is 0 Å². The highest BCUT2D eigenvalue weighted by atomic mass is 35.5. The van der Waals surface area contributed by atoms with Crippen LogP contribution in [0.2, 0.25) is 5.02 Å². The number of anilines is 1. The van der Waals surface area contributed by atoms with E-state index in [9.17, 15) is 4.79 Å². The molecule has 0 unspecified atom stereocenters. The van der Waals surface area contributed by atoms with Gasteiger partial charge in [0.15, 0.2) is 10.8 Å². The van der Waals surface area contributed by atoms with E-state index in [4.69, 9.17) is 16.3 Å². The third-order valence-electron chi connectivity index (χ3n) is 2.69. The van der Waals surface area contributed by atoms with Gasteiger partial charge < -0.3 is 4.74 Å². The number of nitrogens with zero attached hydrogens (tertiary/aromatic N) is 1. The molecule has 114 valence electrons. The fourth-order valence-electron chi connectivity index (χ4n) is 1.60. The Morgan fingerprint density at radius 3 is 2.59 bits per heavy atom. The maximum atomic E-state index is 11.7. The first-order chi connectivity index (χ1) is 10.6. The lowest BCUT2D eigenvalue weighted by Crippen LogP contribution is -2.08. The van der Waals surface area contributed by atoms with Gasteiger partial charge in [0.2, 0.25) is 0 Å². The summed E-state index contributed by atoms with van der Waals surface area (Å²) in [5.74, 6) is 0.602. The molecule has 0 fully saturated rings. The number of hydrazone groups is 1. The zero-order valence-electron chi connectivity index (χ0n) is 12.2. The summed E-state index contributed by atoms with van der Waals surface area (Å²) in [5.41, 5.74) is 3.62. The highest BCUT2D eigenvalue weighted by Gasteiger charge is 2.09. The highest BCUT2D eigenvalue weighted by Crippen LogP contribution is 2.23. The van der Waals surface area contributed by atoms with Crippen molar-refractivity contribution in [1.29, 1.82) is 0 Å². The number of benzene rings is 2. The van der Waals surface area contributed by atoms with Gasteiger partial charge >= 0.3 is 0 Å². The predicted octanol–water partition coefficient (Wildman–Crippen LogP) is 4.46. The van der Waals surface area contributed by atoms with Crippen molar-refractivity contribution in [2.24, 2.45) is 5.10 Å². The Bertz CT molecular complexity index is 687. The number of ketones is 1. The number of hydrogen-bond donors (Lipinski definition) is 1. The van der Waals surface area contributed by atoms with E-state index >= 15 is 0 Å². The molecule has 0 bridgehead atoms. The van der Waals surface area contributed by atoms with Crippen molar-refractivity contribution >= 4 is 39.9 Å². The molecular weight excluding hydrogens is 320 g/mol. The first kappa shape index (κ1) is 16.4. The molecule has 0 aromatic heterocycles. The van der Waals surface area contributed by atoms with E-state index in [1.54, 1.807) is 25.3 Å². The summed E-state index contributed by atoms with van der Waals surface area (Å²) >= 11 is 7.13. The van der Waals surface area contributed by atoms with E-state index in [2.05, 4.69) is 10.5 Å². The monoisotopic (exact) mass is 334 g/mol. The van der Waals surface area contributed by atoms with Crippen LogP contribution in [0.1, 0.15) is 6.92 Å². The summed E-state index contributed by atoms with van der Waals surface area (Å²) in [7, 11) is 1.60. The van der Waals surface area contributed by atoms with Gasteiger partial charge in [-0.3, -0.25) is 10.2 Å². The number of carbonyl (C=O) groups is 1. The minimum Gasteiger partial charge on any atom is -0.497 e. The maximum Gasteiger partial charge on any atom is 0.186 e. The average Bonchev–Trinajstić information content (AvgIpc) is 2.53. The predicted molar refractivity (Wildman–Crippen MR) is 92.0 cm³/mol. The molecule has 0 saturated heterocycles. The number of thioether (sulfide) groups is 1. The van der Waals surface area contributed by atoms with Crippen molar-refractivity contribution in [2.45, 2.75) is 11.8 Å². The molecular formula is C16H15ClN2O2S. The SMILES string of the molecule is COc1cccc(N/N=C(/Sc2ccc(Cl)cc2)C(C)=O)c1. The summed E-state index contributed by atoms with van der Waals surface area (Å²) in [6.07, 6.45) is 0. The quantitative estimate of drug-likeness (QED) is 0.380. The van der Waals surface area contributed by atoms with E-state index in [1.807, 2.05) is 30.3 Å². The van der Waals surface area contributed by atoms with E-state index in [0.29, 0.717) is 10.1 Å². The van der Waals surface area contributed by atoms with Crippen LogP contribution in [-0.2, 0) is 4.79 Å². The molecule has 0 atom stereocenters. The summed E-state index contributed by atoms with van der Waals surface area (Å²) in [4.78, 5) is 12.6. The smallest absolute Gasteiger partial charge is 0.186 e. The number of carbonyl (C=O) groups excluding carboxylic acids is 1. The van der Waals surface area contributed by atoms with E-state index in [0.717, 1.165) is 16.3 Å². The van der Waals surface area contributed by atoms with Crippen molar-refractivity contribution in [3.8, 4) is 5.75 Å². The Balaban J connectivity index is 2.13. The maximum absolute atomic E-state index is 11.7. The van der Waals surface area contributed by atoms with Crippen molar-refractivity contribution in [3.05, 3.63) is 53.6 Å². The molecule has 0 heterocycles. The second-order valence-corrected chi connectivity index (χ2v) is 5.87. The van der Waals surface area contributed by atoms with Crippen molar-refractivity contribution in [1.82, 2.24) is 0 Å². The van der Waals surface area contributed by atoms with Gasteiger partial charge in [-0.15, -0.1) is 0 Å².